The summed E-state index contributed by atoms with van der Waals surface area (Å²) in [5.74, 6) is -0.308. The van der Waals surface area contributed by atoms with Gasteiger partial charge in [0.2, 0.25) is 0 Å². The third-order valence-corrected chi connectivity index (χ3v) is 6.04. The first-order valence-electron chi connectivity index (χ1n) is 11.8. The zero-order chi connectivity index (χ0) is 26.2. The minimum absolute atomic E-state index is 0.132. The zero-order valence-electron chi connectivity index (χ0n) is 21.0. The van der Waals surface area contributed by atoms with Crippen LogP contribution < -0.4 is 16.6 Å². The number of benzene rings is 2. The van der Waals surface area contributed by atoms with Gasteiger partial charge >= 0.3 is 11.8 Å². The number of pyridine rings is 1. The number of nitrogens with one attached hydrogen (secondary N) is 2. The van der Waals surface area contributed by atoms with Crippen LogP contribution in [0.3, 0.4) is 0 Å². The molecular weight excluding hydrogens is 460 g/mol. The van der Waals surface area contributed by atoms with E-state index in [2.05, 4.69) is 20.0 Å². The minimum atomic E-state index is -1.17. The van der Waals surface area contributed by atoms with Gasteiger partial charge in [0, 0.05) is 23.1 Å². The predicted molar refractivity (Wildman–Crippen MR) is 138 cm³/mol. The Morgan fingerprint density at radius 3 is 2.33 bits per heavy atom. The highest BCUT2D eigenvalue weighted by atomic mass is 16.5. The number of carbonyl (C=O) groups is 1. The maximum absolute atomic E-state index is 13.9. The fourth-order valence-electron chi connectivity index (χ4n) is 4.54. The van der Waals surface area contributed by atoms with Crippen LogP contribution in [0.15, 0.2) is 62.6 Å². The van der Waals surface area contributed by atoms with Crippen molar-refractivity contribution >= 4 is 16.9 Å². The van der Waals surface area contributed by atoms with Gasteiger partial charge in [-0.1, -0.05) is 76.2 Å². The summed E-state index contributed by atoms with van der Waals surface area (Å²) in [6, 6.07) is 14.1. The van der Waals surface area contributed by atoms with Crippen LogP contribution in [-0.4, -0.2) is 25.9 Å². The van der Waals surface area contributed by atoms with E-state index in [9.17, 15) is 19.5 Å². The first kappa shape index (κ1) is 25.0. The van der Waals surface area contributed by atoms with Gasteiger partial charge in [0.25, 0.3) is 5.56 Å². The largest absolute Gasteiger partial charge is 0.465 e. The minimum Gasteiger partial charge on any atom is -0.465 e. The topological polar surface area (TPSA) is 130 Å². The van der Waals surface area contributed by atoms with Crippen LogP contribution in [0.2, 0.25) is 0 Å². The molecule has 1 atom stereocenters. The molecule has 0 fully saturated rings. The monoisotopic (exact) mass is 490 g/mol. The molecule has 2 aromatic carbocycles. The second kappa shape index (κ2) is 9.49. The standard InChI is InChI=1S/C27H30N4O5/c1-15(2)14-31-21(22(27(3,4)5)28-25(33)34)20(16-9-7-6-8-10-16)19-13-17(11-12-18(19)24(31)32)23-29-26(35)36-30-23/h6-13,15,22,28H,14H2,1-5H3,(H,33,34)(H,29,30,35). The summed E-state index contributed by atoms with van der Waals surface area (Å²) in [6.45, 7) is 10.3. The molecule has 1 amide bonds. The normalized spacial score (nSPS) is 12.7. The number of fused-ring (bicyclic) bond motifs is 1. The lowest BCUT2D eigenvalue weighted by Crippen LogP contribution is -2.40. The zero-order valence-corrected chi connectivity index (χ0v) is 21.0. The van der Waals surface area contributed by atoms with Crippen molar-refractivity contribution in [3.05, 3.63) is 75.1 Å². The second-order valence-corrected chi connectivity index (χ2v) is 10.4. The van der Waals surface area contributed by atoms with Gasteiger partial charge in [-0.25, -0.2) is 9.59 Å². The van der Waals surface area contributed by atoms with E-state index >= 15 is 0 Å². The molecule has 4 aromatic rings. The molecule has 9 nitrogen and oxygen atoms in total. The van der Waals surface area contributed by atoms with Gasteiger partial charge in [0.05, 0.1) is 11.7 Å². The van der Waals surface area contributed by atoms with Gasteiger partial charge in [-0.05, 0) is 34.4 Å². The van der Waals surface area contributed by atoms with E-state index in [-0.39, 0.29) is 17.3 Å². The molecule has 2 aromatic heterocycles. The molecule has 36 heavy (non-hydrogen) atoms. The summed E-state index contributed by atoms with van der Waals surface area (Å²) in [7, 11) is 0. The van der Waals surface area contributed by atoms with E-state index in [1.165, 1.54) is 0 Å². The highest BCUT2D eigenvalue weighted by Crippen LogP contribution is 2.41. The van der Waals surface area contributed by atoms with Crippen LogP contribution in [-0.2, 0) is 6.54 Å². The molecule has 188 valence electrons. The SMILES string of the molecule is CC(C)Cn1c(C(NC(=O)O)C(C)(C)C)c(-c2ccccc2)c2cc(-c3noc(=O)[nH]3)ccc2c1=O. The molecular formula is C27H30N4O5. The number of H-pyrrole nitrogens is 1. The molecule has 1 unspecified atom stereocenters. The summed E-state index contributed by atoms with van der Waals surface area (Å²) in [5.41, 5.74) is 1.96. The maximum atomic E-state index is 13.9. The molecule has 0 radical (unpaired) electrons. The number of carboxylic acid groups (broad SMARTS) is 1. The molecule has 2 heterocycles. The van der Waals surface area contributed by atoms with Crippen molar-refractivity contribution < 1.29 is 14.4 Å². The molecule has 9 heteroatoms. The van der Waals surface area contributed by atoms with Gasteiger partial charge in [-0.2, -0.15) is 0 Å². The third kappa shape index (κ3) is 4.82. The van der Waals surface area contributed by atoms with Gasteiger partial charge in [0.15, 0.2) is 5.82 Å². The summed E-state index contributed by atoms with van der Waals surface area (Å²) >= 11 is 0. The van der Waals surface area contributed by atoms with Crippen LogP contribution in [0.25, 0.3) is 33.3 Å². The quantitative estimate of drug-likeness (QED) is 0.348. The lowest BCUT2D eigenvalue weighted by Gasteiger charge is -2.35. The Morgan fingerprint density at radius 1 is 1.08 bits per heavy atom. The van der Waals surface area contributed by atoms with Crippen molar-refractivity contribution in [1.82, 2.24) is 20.0 Å². The number of aromatic nitrogens is 3. The van der Waals surface area contributed by atoms with Gasteiger partial charge < -0.3 is 15.0 Å². The second-order valence-electron chi connectivity index (χ2n) is 10.4. The molecule has 0 aliphatic carbocycles. The average Bonchev–Trinajstić information content (AvgIpc) is 3.25. The van der Waals surface area contributed by atoms with Crippen molar-refractivity contribution in [2.24, 2.45) is 11.3 Å². The lowest BCUT2D eigenvalue weighted by molar-refractivity contribution is 0.172. The van der Waals surface area contributed by atoms with Crippen molar-refractivity contribution in [2.45, 2.75) is 47.2 Å². The van der Waals surface area contributed by atoms with E-state index < -0.39 is 23.3 Å². The molecule has 0 saturated carbocycles. The molecule has 0 aliphatic heterocycles. The fourth-order valence-corrected chi connectivity index (χ4v) is 4.54. The van der Waals surface area contributed by atoms with Crippen molar-refractivity contribution in [2.75, 3.05) is 0 Å². The van der Waals surface area contributed by atoms with Crippen molar-refractivity contribution in [3.63, 3.8) is 0 Å². The van der Waals surface area contributed by atoms with Crippen molar-refractivity contribution in [3.8, 4) is 22.5 Å². The average molecular weight is 491 g/mol. The Labute approximate surface area is 207 Å². The van der Waals surface area contributed by atoms with E-state index in [0.717, 1.165) is 11.1 Å². The molecule has 3 N–H and O–H groups in total. The third-order valence-electron chi connectivity index (χ3n) is 6.04. The number of hydrogen-bond donors (Lipinski definition) is 3. The molecule has 0 aliphatic rings. The number of rotatable bonds is 6. The summed E-state index contributed by atoms with van der Waals surface area (Å²) in [4.78, 5) is 40.0. The summed E-state index contributed by atoms with van der Waals surface area (Å²) in [5, 5.41) is 17.4. The predicted octanol–water partition coefficient (Wildman–Crippen LogP) is 5.02. The first-order chi connectivity index (χ1) is 17.0. The Morgan fingerprint density at radius 2 is 1.78 bits per heavy atom. The van der Waals surface area contributed by atoms with Crippen LogP contribution in [0.1, 0.15) is 46.4 Å². The number of nitrogens with zero attached hydrogens (tertiary/aromatic N) is 2. The molecule has 0 spiro atoms. The van der Waals surface area contributed by atoms with Gasteiger partial charge in [0.1, 0.15) is 0 Å². The summed E-state index contributed by atoms with van der Waals surface area (Å²) < 4.78 is 6.39. The molecule has 4 rings (SSSR count). The van der Waals surface area contributed by atoms with Crippen LogP contribution in [0.4, 0.5) is 4.79 Å². The lowest BCUT2D eigenvalue weighted by atomic mass is 9.80. The highest BCUT2D eigenvalue weighted by Gasteiger charge is 2.34. The van der Waals surface area contributed by atoms with Crippen LogP contribution >= 0.6 is 0 Å². The Bertz CT molecular complexity index is 1520. The summed E-state index contributed by atoms with van der Waals surface area (Å²) in [6.07, 6.45) is -1.17. The highest BCUT2D eigenvalue weighted by molar-refractivity contribution is 5.99. The van der Waals surface area contributed by atoms with Gasteiger partial charge in [-0.15, -0.1) is 0 Å². The van der Waals surface area contributed by atoms with Crippen LogP contribution in [0, 0.1) is 11.3 Å². The van der Waals surface area contributed by atoms with Crippen LogP contribution in [0.5, 0.6) is 0 Å². The smallest absolute Gasteiger partial charge is 0.439 e. The molecule has 0 bridgehead atoms. The number of amides is 1. The Kier molecular flexibility index (Phi) is 6.58. The van der Waals surface area contributed by atoms with E-state index in [1.54, 1.807) is 22.8 Å². The van der Waals surface area contributed by atoms with E-state index in [1.807, 2.05) is 65.0 Å². The molecule has 0 saturated heterocycles. The number of hydrogen-bond acceptors (Lipinski definition) is 5. The van der Waals surface area contributed by atoms with Crippen molar-refractivity contribution in [1.29, 1.82) is 0 Å². The maximum Gasteiger partial charge on any atom is 0.439 e. The first-order valence-corrected chi connectivity index (χ1v) is 11.8. The Balaban J connectivity index is 2.21. The fraction of sp³-hybridized carbons (Fsp3) is 0.333. The Hall–Kier alpha value is -4.14. The van der Waals surface area contributed by atoms with Gasteiger partial charge in [-0.3, -0.25) is 14.3 Å². The van der Waals surface area contributed by atoms with E-state index in [0.29, 0.717) is 28.6 Å². The van der Waals surface area contributed by atoms with E-state index in [4.69, 9.17) is 0 Å². The number of aromatic amines is 1.